The summed E-state index contributed by atoms with van der Waals surface area (Å²) in [7, 11) is -3.41. The van der Waals surface area contributed by atoms with Crippen LogP contribution in [0, 0.1) is 5.92 Å². The highest BCUT2D eigenvalue weighted by atomic mass is 32.2. The number of hydrogen-bond acceptors (Lipinski definition) is 7. The fraction of sp³-hybridized carbons (Fsp3) is 0.478. The molecule has 0 spiro atoms. The van der Waals surface area contributed by atoms with Crippen LogP contribution in [0.15, 0.2) is 42.7 Å². The van der Waals surface area contributed by atoms with E-state index in [1.807, 2.05) is 6.07 Å². The van der Waals surface area contributed by atoms with Crippen molar-refractivity contribution in [2.75, 3.05) is 42.1 Å². The summed E-state index contributed by atoms with van der Waals surface area (Å²) in [6.45, 7) is 4.01. The molecule has 1 saturated carbocycles. The molecule has 0 amide bonds. The quantitative estimate of drug-likeness (QED) is 0.506. The fourth-order valence-corrected chi connectivity index (χ4v) is 6.06. The maximum Gasteiger partial charge on any atom is 0.224 e. The molecule has 2 fully saturated rings. The van der Waals surface area contributed by atoms with Gasteiger partial charge in [-0.1, -0.05) is 6.07 Å². The Hall–Kier alpha value is -2.69. The van der Waals surface area contributed by atoms with Crippen LogP contribution >= 0.6 is 0 Å². The molecular weight excluding hydrogens is 438 g/mol. The van der Waals surface area contributed by atoms with Crippen molar-refractivity contribution in [2.24, 2.45) is 11.1 Å². The van der Waals surface area contributed by atoms with Crippen molar-refractivity contribution in [3.8, 4) is 5.82 Å². The Morgan fingerprint density at radius 2 is 1.88 bits per heavy atom. The zero-order valence-electron chi connectivity index (χ0n) is 18.7. The molecule has 3 heterocycles. The summed E-state index contributed by atoms with van der Waals surface area (Å²) in [5, 5.41) is 13.3. The molecule has 1 aliphatic carbocycles. The number of nitrogens with zero attached hydrogens (tertiary/aromatic N) is 4. The molecule has 1 aromatic carbocycles. The van der Waals surface area contributed by atoms with Crippen LogP contribution in [0.25, 0.3) is 16.7 Å². The highest BCUT2D eigenvalue weighted by Gasteiger charge is 2.24. The number of rotatable bonds is 6. The molecule has 0 bridgehead atoms. The highest BCUT2D eigenvalue weighted by molar-refractivity contribution is 7.89. The third-order valence-corrected chi connectivity index (χ3v) is 7.64. The van der Waals surface area contributed by atoms with E-state index in [9.17, 15) is 8.42 Å². The number of nitrogens with two attached hydrogens (primary N) is 1. The van der Waals surface area contributed by atoms with E-state index in [4.69, 9.17) is 10.1 Å². The Bertz CT molecular complexity index is 1210. The van der Waals surface area contributed by atoms with Gasteiger partial charge >= 0.3 is 0 Å². The van der Waals surface area contributed by atoms with Crippen LogP contribution in [0.1, 0.15) is 25.7 Å². The maximum atomic E-state index is 11.4. The second-order valence-electron chi connectivity index (χ2n) is 9.06. The van der Waals surface area contributed by atoms with Crippen molar-refractivity contribution in [2.45, 2.75) is 31.7 Å². The normalized spacial score (nSPS) is 21.9. The predicted molar refractivity (Wildman–Crippen MR) is 131 cm³/mol. The first kappa shape index (κ1) is 22.1. The molecule has 33 heavy (non-hydrogen) atoms. The smallest absolute Gasteiger partial charge is 0.224 e. The number of hydrogen-bond donors (Lipinski definition) is 3. The molecule has 2 aromatic heterocycles. The zero-order valence-corrected chi connectivity index (χ0v) is 19.5. The molecule has 0 atom stereocenters. The molecule has 3 aromatic rings. The van der Waals surface area contributed by atoms with E-state index in [0.717, 1.165) is 63.2 Å². The Morgan fingerprint density at radius 3 is 2.64 bits per heavy atom. The van der Waals surface area contributed by atoms with E-state index in [2.05, 4.69) is 55.5 Å². The molecule has 10 heteroatoms. The van der Waals surface area contributed by atoms with Gasteiger partial charge in [-0.05, 0) is 55.9 Å². The first-order valence-electron chi connectivity index (χ1n) is 11.6. The van der Waals surface area contributed by atoms with Crippen molar-refractivity contribution in [3.05, 3.63) is 42.7 Å². The first-order valence-corrected chi connectivity index (χ1v) is 13.3. The molecule has 9 nitrogen and oxygen atoms in total. The minimum atomic E-state index is -3.41. The Balaban J connectivity index is 1.32. The molecule has 5 rings (SSSR count). The van der Waals surface area contributed by atoms with Gasteiger partial charge in [0.1, 0.15) is 5.82 Å². The third-order valence-electron chi connectivity index (χ3n) is 6.70. The summed E-state index contributed by atoms with van der Waals surface area (Å²) in [5.74, 6) is 1.63. The number of fused-ring (bicyclic) bond motifs is 1. The van der Waals surface area contributed by atoms with Crippen molar-refractivity contribution in [1.29, 1.82) is 0 Å². The second kappa shape index (κ2) is 9.28. The summed E-state index contributed by atoms with van der Waals surface area (Å²) in [5.41, 5.74) is 2.38. The van der Waals surface area contributed by atoms with E-state index < -0.39 is 10.0 Å². The van der Waals surface area contributed by atoms with Gasteiger partial charge in [0.05, 0.1) is 11.3 Å². The average molecular weight is 470 g/mol. The van der Waals surface area contributed by atoms with Gasteiger partial charge in [0, 0.05) is 55.7 Å². The summed E-state index contributed by atoms with van der Waals surface area (Å²) in [4.78, 5) is 11.6. The Morgan fingerprint density at radius 1 is 1.09 bits per heavy atom. The SMILES string of the molecule is NS(=O)(=O)CC1CCC(Nc2nccc(-n3ccc4c(N5CCNCC5)cccc43)n2)CC1. The van der Waals surface area contributed by atoms with E-state index >= 15 is 0 Å². The first-order chi connectivity index (χ1) is 16.0. The lowest BCUT2D eigenvalue weighted by Crippen LogP contribution is -2.43. The lowest BCUT2D eigenvalue weighted by atomic mass is 9.87. The molecule has 2 aliphatic rings. The second-order valence-corrected chi connectivity index (χ2v) is 10.7. The Kier molecular flexibility index (Phi) is 6.22. The van der Waals surface area contributed by atoms with Gasteiger partial charge in [-0.15, -0.1) is 0 Å². The van der Waals surface area contributed by atoms with Crippen molar-refractivity contribution in [1.82, 2.24) is 19.9 Å². The summed E-state index contributed by atoms with van der Waals surface area (Å²) in [6, 6.07) is 10.7. The van der Waals surface area contributed by atoms with Crippen LogP contribution in [0.2, 0.25) is 0 Å². The maximum absolute atomic E-state index is 11.4. The zero-order chi connectivity index (χ0) is 22.8. The highest BCUT2D eigenvalue weighted by Crippen LogP contribution is 2.30. The van der Waals surface area contributed by atoms with E-state index in [1.54, 1.807) is 6.20 Å². The Labute approximate surface area is 194 Å². The summed E-state index contributed by atoms with van der Waals surface area (Å²) < 4.78 is 24.8. The topological polar surface area (TPSA) is 118 Å². The van der Waals surface area contributed by atoms with Gasteiger partial charge in [-0.2, -0.15) is 4.98 Å². The number of primary sulfonamides is 1. The van der Waals surface area contributed by atoms with Gasteiger partial charge in [0.15, 0.2) is 0 Å². The van der Waals surface area contributed by atoms with E-state index in [-0.39, 0.29) is 17.7 Å². The summed E-state index contributed by atoms with van der Waals surface area (Å²) >= 11 is 0. The monoisotopic (exact) mass is 469 g/mol. The average Bonchev–Trinajstić information content (AvgIpc) is 3.25. The largest absolute Gasteiger partial charge is 0.368 e. The predicted octanol–water partition coefficient (Wildman–Crippen LogP) is 2.09. The summed E-state index contributed by atoms with van der Waals surface area (Å²) in [6.07, 6.45) is 7.29. The van der Waals surface area contributed by atoms with Gasteiger partial charge in [0.25, 0.3) is 0 Å². The van der Waals surface area contributed by atoms with Crippen molar-refractivity contribution < 1.29 is 8.42 Å². The minimum absolute atomic E-state index is 0.0718. The van der Waals surface area contributed by atoms with Gasteiger partial charge < -0.3 is 20.1 Å². The molecule has 0 radical (unpaired) electrons. The number of sulfonamides is 1. The van der Waals surface area contributed by atoms with Crippen molar-refractivity contribution >= 4 is 32.6 Å². The minimum Gasteiger partial charge on any atom is -0.368 e. The number of piperazine rings is 1. The number of anilines is 2. The fourth-order valence-electron chi connectivity index (χ4n) is 5.07. The lowest BCUT2D eigenvalue weighted by Gasteiger charge is -2.30. The molecule has 176 valence electrons. The number of benzene rings is 1. The van der Waals surface area contributed by atoms with Crippen molar-refractivity contribution in [3.63, 3.8) is 0 Å². The molecule has 1 aliphatic heterocycles. The number of aromatic nitrogens is 3. The molecule has 0 unspecified atom stereocenters. The third kappa shape index (κ3) is 5.13. The van der Waals surface area contributed by atoms with Crippen LogP contribution in [0.5, 0.6) is 0 Å². The van der Waals surface area contributed by atoms with Crippen LogP contribution in [-0.4, -0.2) is 60.9 Å². The van der Waals surface area contributed by atoms with Gasteiger partial charge in [-0.3, -0.25) is 0 Å². The van der Waals surface area contributed by atoms with Crippen LogP contribution < -0.4 is 20.7 Å². The molecule has 1 saturated heterocycles. The van der Waals surface area contributed by atoms with Gasteiger partial charge in [0.2, 0.25) is 16.0 Å². The van der Waals surface area contributed by atoms with Crippen LogP contribution in [0.4, 0.5) is 11.6 Å². The van der Waals surface area contributed by atoms with Crippen LogP contribution in [-0.2, 0) is 10.0 Å². The molecule has 4 N–H and O–H groups in total. The van der Waals surface area contributed by atoms with Gasteiger partial charge in [-0.25, -0.2) is 18.5 Å². The number of nitrogens with one attached hydrogen (secondary N) is 2. The standard InChI is InChI=1S/C23H31N7O2S/c24-33(31,32)16-17-4-6-18(7-5-17)27-23-26-10-8-22(28-23)30-13-9-19-20(2-1-3-21(19)30)29-14-11-25-12-15-29/h1-3,8-10,13,17-18,25H,4-7,11-12,14-16H2,(H2,24,31,32)(H,26,27,28). The molecular formula is C23H31N7O2S. The van der Waals surface area contributed by atoms with E-state index in [1.165, 1.54) is 11.1 Å². The van der Waals surface area contributed by atoms with Crippen LogP contribution in [0.3, 0.4) is 0 Å². The lowest BCUT2D eigenvalue weighted by molar-refractivity contribution is 0.360. The van der Waals surface area contributed by atoms with E-state index in [0.29, 0.717) is 5.95 Å².